The summed E-state index contributed by atoms with van der Waals surface area (Å²) in [5.74, 6) is 5.58. The highest BCUT2D eigenvalue weighted by Gasteiger charge is 2.48. The number of fused-ring (bicyclic) bond motifs is 1. The summed E-state index contributed by atoms with van der Waals surface area (Å²) in [6, 6.07) is 8.94. The third-order valence-electron chi connectivity index (χ3n) is 3.97. The van der Waals surface area contributed by atoms with E-state index in [1.165, 1.54) is 4.90 Å². The van der Waals surface area contributed by atoms with Crippen molar-refractivity contribution in [3.8, 4) is 0 Å². The first-order chi connectivity index (χ1) is 10.6. The number of carbonyl (C=O) groups is 2. The van der Waals surface area contributed by atoms with Gasteiger partial charge < -0.3 is 9.80 Å². The fourth-order valence-corrected chi connectivity index (χ4v) is 2.79. The van der Waals surface area contributed by atoms with E-state index in [0.29, 0.717) is 12.5 Å². The highest BCUT2D eigenvalue weighted by Crippen LogP contribution is 2.23. The highest BCUT2D eigenvalue weighted by atomic mass is 16.2. The number of nitrogens with two attached hydrogens (primary N) is 1. The molecule has 0 bridgehead atoms. The molecule has 0 spiro atoms. The molecule has 0 aromatic heterocycles. The van der Waals surface area contributed by atoms with Crippen LogP contribution in [0.5, 0.6) is 0 Å². The molecule has 1 aromatic carbocycles. The number of nitrogens with zero attached hydrogens (tertiary/aromatic N) is 3. The zero-order valence-electron chi connectivity index (χ0n) is 12.2. The van der Waals surface area contributed by atoms with Crippen molar-refractivity contribution in [1.29, 1.82) is 0 Å². The molecule has 3 amide bonds. The summed E-state index contributed by atoms with van der Waals surface area (Å²) in [5.41, 5.74) is 3.68. The fourth-order valence-electron chi connectivity index (χ4n) is 2.79. The number of hydrogen-bond acceptors (Lipinski definition) is 6. The van der Waals surface area contributed by atoms with Gasteiger partial charge in [0.15, 0.2) is 12.2 Å². The first kappa shape index (κ1) is 14.3. The van der Waals surface area contributed by atoms with Crippen LogP contribution in [0.2, 0.25) is 0 Å². The Balaban J connectivity index is 1.79. The molecule has 1 saturated heterocycles. The lowest BCUT2D eigenvalue weighted by Crippen LogP contribution is -2.64. The van der Waals surface area contributed by atoms with E-state index in [9.17, 15) is 9.59 Å². The molecule has 2 aliphatic rings. The van der Waals surface area contributed by atoms with Crippen molar-refractivity contribution in [3.63, 3.8) is 0 Å². The lowest BCUT2D eigenvalue weighted by molar-refractivity contribution is -0.127. The van der Waals surface area contributed by atoms with Crippen LogP contribution in [0, 0.1) is 0 Å². The van der Waals surface area contributed by atoms with Crippen LogP contribution < -0.4 is 16.6 Å². The zero-order chi connectivity index (χ0) is 15.7. The Labute approximate surface area is 127 Å². The summed E-state index contributed by atoms with van der Waals surface area (Å²) in [6.07, 6.45) is 0.193. The van der Waals surface area contributed by atoms with Gasteiger partial charge in [-0.15, -0.1) is 0 Å². The number of hydrogen-bond donors (Lipinski definition) is 3. The predicted molar refractivity (Wildman–Crippen MR) is 80.5 cm³/mol. The number of rotatable bonds is 3. The fraction of sp³-hybridized carbons (Fsp3) is 0.357. The van der Waals surface area contributed by atoms with E-state index in [2.05, 4.69) is 15.7 Å². The average Bonchev–Trinajstić information content (AvgIpc) is 2.91. The molecule has 2 atom stereocenters. The first-order valence-corrected chi connectivity index (χ1v) is 7.04. The molecule has 1 fully saturated rings. The van der Waals surface area contributed by atoms with Gasteiger partial charge >= 0.3 is 6.03 Å². The number of amides is 3. The smallest absolute Gasteiger partial charge is 0.325 e. The van der Waals surface area contributed by atoms with Crippen molar-refractivity contribution in [3.05, 3.63) is 35.9 Å². The normalized spacial score (nSPS) is 24.0. The van der Waals surface area contributed by atoms with Crippen LogP contribution in [0.1, 0.15) is 5.56 Å². The molecule has 2 aliphatic heterocycles. The molecule has 4 N–H and O–H groups in total. The minimum atomic E-state index is -0.558. The highest BCUT2D eigenvalue weighted by molar-refractivity contribution is 6.03. The largest absolute Gasteiger partial charge is 0.326 e. The number of hydrazine groups is 1. The van der Waals surface area contributed by atoms with Crippen molar-refractivity contribution in [2.75, 3.05) is 13.6 Å². The maximum Gasteiger partial charge on any atom is 0.325 e. The SMILES string of the molecule is CN1C(=O)NC(=O)C2C1N=C(NN)N2CCc1ccccc1. The average molecular weight is 302 g/mol. The van der Waals surface area contributed by atoms with Crippen molar-refractivity contribution in [1.82, 2.24) is 20.5 Å². The van der Waals surface area contributed by atoms with Crippen LogP contribution in [0.4, 0.5) is 4.79 Å². The molecule has 8 nitrogen and oxygen atoms in total. The van der Waals surface area contributed by atoms with Gasteiger partial charge in [0.2, 0.25) is 5.96 Å². The monoisotopic (exact) mass is 302 g/mol. The maximum atomic E-state index is 12.2. The molecule has 0 saturated carbocycles. The molecular weight excluding hydrogens is 284 g/mol. The second-order valence-electron chi connectivity index (χ2n) is 5.29. The molecule has 116 valence electrons. The van der Waals surface area contributed by atoms with Crippen LogP contribution >= 0.6 is 0 Å². The third kappa shape index (κ3) is 2.37. The van der Waals surface area contributed by atoms with E-state index < -0.39 is 18.2 Å². The topological polar surface area (TPSA) is 103 Å². The zero-order valence-corrected chi connectivity index (χ0v) is 12.2. The minimum Gasteiger partial charge on any atom is -0.326 e. The van der Waals surface area contributed by atoms with Crippen LogP contribution in [-0.2, 0) is 11.2 Å². The summed E-state index contributed by atoms with van der Waals surface area (Å²) >= 11 is 0. The maximum absolute atomic E-state index is 12.2. The third-order valence-corrected chi connectivity index (χ3v) is 3.97. The molecule has 0 aliphatic carbocycles. The Morgan fingerprint density at radius 1 is 1.32 bits per heavy atom. The molecule has 2 unspecified atom stereocenters. The summed E-state index contributed by atoms with van der Waals surface area (Å²) in [4.78, 5) is 31.4. The van der Waals surface area contributed by atoms with Crippen molar-refractivity contribution in [2.24, 2.45) is 10.8 Å². The van der Waals surface area contributed by atoms with Gasteiger partial charge in [0.1, 0.15) is 0 Å². The Morgan fingerprint density at radius 2 is 2.05 bits per heavy atom. The van der Waals surface area contributed by atoms with E-state index in [1.54, 1.807) is 11.9 Å². The number of guanidine groups is 1. The number of benzene rings is 1. The molecular formula is C14H18N6O2. The Kier molecular flexibility index (Phi) is 3.68. The van der Waals surface area contributed by atoms with Gasteiger partial charge in [-0.3, -0.25) is 15.5 Å². The van der Waals surface area contributed by atoms with Gasteiger partial charge in [0.25, 0.3) is 5.91 Å². The van der Waals surface area contributed by atoms with Crippen LogP contribution in [0.3, 0.4) is 0 Å². The van der Waals surface area contributed by atoms with E-state index >= 15 is 0 Å². The summed E-state index contributed by atoms with van der Waals surface area (Å²) in [5, 5.41) is 2.34. The lowest BCUT2D eigenvalue weighted by atomic mass is 10.1. The molecule has 3 rings (SSSR count). The molecule has 0 radical (unpaired) electrons. The number of carbonyl (C=O) groups excluding carboxylic acids is 2. The first-order valence-electron chi connectivity index (χ1n) is 7.04. The van der Waals surface area contributed by atoms with Crippen molar-refractivity contribution in [2.45, 2.75) is 18.6 Å². The Morgan fingerprint density at radius 3 is 2.73 bits per heavy atom. The van der Waals surface area contributed by atoms with Crippen molar-refractivity contribution < 1.29 is 9.59 Å². The van der Waals surface area contributed by atoms with Crippen molar-refractivity contribution >= 4 is 17.9 Å². The second kappa shape index (κ2) is 5.64. The van der Waals surface area contributed by atoms with E-state index in [0.717, 1.165) is 12.0 Å². The van der Waals surface area contributed by atoms with Gasteiger partial charge in [-0.05, 0) is 12.0 Å². The number of nitrogens with one attached hydrogen (secondary N) is 2. The molecule has 8 heteroatoms. The van der Waals surface area contributed by atoms with E-state index in [4.69, 9.17) is 5.84 Å². The lowest BCUT2D eigenvalue weighted by Gasteiger charge is -2.36. The molecule has 22 heavy (non-hydrogen) atoms. The number of likely N-dealkylation sites (N-methyl/N-ethyl adjacent to an activating group) is 1. The number of urea groups is 1. The van der Waals surface area contributed by atoms with Gasteiger partial charge in [-0.1, -0.05) is 30.3 Å². The molecule has 1 aromatic rings. The number of imide groups is 1. The van der Waals surface area contributed by atoms with Gasteiger partial charge in [0.05, 0.1) is 0 Å². The van der Waals surface area contributed by atoms with Gasteiger partial charge in [-0.2, -0.15) is 0 Å². The summed E-state index contributed by atoms with van der Waals surface area (Å²) < 4.78 is 0. The Bertz CT molecular complexity index is 617. The minimum absolute atomic E-state index is 0.352. The number of aliphatic imine (C=N–C) groups is 1. The summed E-state index contributed by atoms with van der Waals surface area (Å²) in [6.45, 7) is 0.573. The van der Waals surface area contributed by atoms with Crippen LogP contribution in [0.25, 0.3) is 0 Å². The van der Waals surface area contributed by atoms with Gasteiger partial charge in [0, 0.05) is 13.6 Å². The van der Waals surface area contributed by atoms with Crippen LogP contribution in [-0.4, -0.2) is 53.5 Å². The van der Waals surface area contributed by atoms with E-state index in [1.807, 2.05) is 30.3 Å². The van der Waals surface area contributed by atoms with Crippen LogP contribution in [0.15, 0.2) is 35.3 Å². The summed E-state index contributed by atoms with van der Waals surface area (Å²) in [7, 11) is 1.61. The molecule has 2 heterocycles. The van der Waals surface area contributed by atoms with Gasteiger partial charge in [-0.25, -0.2) is 15.6 Å². The predicted octanol–water partition coefficient (Wildman–Crippen LogP) is -0.760. The van der Waals surface area contributed by atoms with E-state index in [-0.39, 0.29) is 5.91 Å². The second-order valence-corrected chi connectivity index (χ2v) is 5.29. The quantitative estimate of drug-likeness (QED) is 0.503. The Hall–Kier alpha value is -2.61. The standard InChI is InChI=1S/C14H18N6O2/c1-19-11-10(12(21)17-14(19)22)20(13(16-11)18-15)8-7-9-5-3-2-4-6-9/h2-6,10-11H,7-8,15H2,1H3,(H,16,18)(H,17,21,22).